The topological polar surface area (TPSA) is 46.3 Å². The molecule has 0 aliphatic rings. The van der Waals surface area contributed by atoms with Crippen molar-refractivity contribution < 1.29 is 9.32 Å². The quantitative estimate of drug-likeness (QED) is 0.748. The highest BCUT2D eigenvalue weighted by molar-refractivity contribution is 6.17. The molecule has 0 unspecified atom stereocenters. The van der Waals surface area contributed by atoms with Gasteiger partial charge in [-0.2, -0.15) is 0 Å². The third-order valence-corrected chi connectivity index (χ3v) is 2.53. The molecular weight excluding hydrogens is 228 g/mol. The summed E-state index contributed by atoms with van der Waals surface area (Å²) >= 11 is 5.63. The summed E-state index contributed by atoms with van der Waals surface area (Å²) in [6.45, 7) is 6.35. The molecule has 16 heavy (non-hydrogen) atoms. The van der Waals surface area contributed by atoms with E-state index in [1.165, 1.54) is 0 Å². The van der Waals surface area contributed by atoms with Crippen LogP contribution in [0.1, 0.15) is 36.5 Å². The summed E-state index contributed by atoms with van der Waals surface area (Å²) in [5.74, 6) is 1.09. The predicted molar refractivity (Wildman–Crippen MR) is 62.7 cm³/mol. The van der Waals surface area contributed by atoms with Crippen molar-refractivity contribution in [2.45, 2.75) is 33.2 Å². The summed E-state index contributed by atoms with van der Waals surface area (Å²) in [5, 5.41) is 3.73. The van der Waals surface area contributed by atoms with Crippen molar-refractivity contribution in [1.82, 2.24) is 10.1 Å². The summed E-state index contributed by atoms with van der Waals surface area (Å²) in [6, 6.07) is 1.78. The number of nitrogens with zero attached hydrogens (tertiary/aromatic N) is 2. The first kappa shape index (κ1) is 13.0. The molecule has 1 rings (SSSR count). The fourth-order valence-electron chi connectivity index (χ4n) is 1.44. The van der Waals surface area contributed by atoms with Crippen LogP contribution < -0.4 is 0 Å². The highest BCUT2D eigenvalue weighted by atomic mass is 35.5. The maximum atomic E-state index is 12.1. The standard InChI is InChI=1S/C11H17ClN2O2/c1-8(2)14(6-4-5-12)11(15)10-7-9(3)16-13-10/h7-8H,4-6H2,1-3H3. The predicted octanol–water partition coefficient (Wildman–Crippen LogP) is 2.46. The zero-order valence-corrected chi connectivity index (χ0v) is 10.6. The van der Waals surface area contributed by atoms with E-state index in [0.29, 0.717) is 23.9 Å². The van der Waals surface area contributed by atoms with Crippen molar-refractivity contribution in [3.63, 3.8) is 0 Å². The lowest BCUT2D eigenvalue weighted by Crippen LogP contribution is -2.38. The summed E-state index contributed by atoms with van der Waals surface area (Å²) < 4.78 is 4.90. The summed E-state index contributed by atoms with van der Waals surface area (Å²) in [5.41, 5.74) is 0.362. The van der Waals surface area contributed by atoms with E-state index in [1.54, 1.807) is 17.9 Å². The number of hydrogen-bond acceptors (Lipinski definition) is 3. The van der Waals surface area contributed by atoms with Crippen LogP contribution >= 0.6 is 11.6 Å². The van der Waals surface area contributed by atoms with Gasteiger partial charge in [-0.25, -0.2) is 0 Å². The largest absolute Gasteiger partial charge is 0.361 e. The van der Waals surface area contributed by atoms with Crippen LogP contribution in [0.4, 0.5) is 0 Å². The Balaban J connectivity index is 2.74. The van der Waals surface area contributed by atoms with E-state index in [0.717, 1.165) is 6.42 Å². The van der Waals surface area contributed by atoms with E-state index in [4.69, 9.17) is 16.1 Å². The highest BCUT2D eigenvalue weighted by Gasteiger charge is 2.21. The van der Waals surface area contributed by atoms with Gasteiger partial charge in [0.2, 0.25) is 0 Å². The third kappa shape index (κ3) is 3.23. The van der Waals surface area contributed by atoms with Gasteiger partial charge in [0.25, 0.3) is 5.91 Å². The first-order valence-electron chi connectivity index (χ1n) is 5.36. The van der Waals surface area contributed by atoms with Crippen molar-refractivity contribution in [3.8, 4) is 0 Å². The first-order chi connectivity index (χ1) is 7.56. The molecule has 0 bridgehead atoms. The Labute approximate surface area is 101 Å². The summed E-state index contributed by atoms with van der Waals surface area (Å²) in [6.07, 6.45) is 0.780. The Morgan fingerprint density at radius 2 is 2.31 bits per heavy atom. The van der Waals surface area contributed by atoms with E-state index < -0.39 is 0 Å². The minimum Gasteiger partial charge on any atom is -0.361 e. The van der Waals surface area contributed by atoms with Crippen LogP contribution in [0.5, 0.6) is 0 Å². The van der Waals surface area contributed by atoms with E-state index in [1.807, 2.05) is 13.8 Å². The molecular formula is C11H17ClN2O2. The van der Waals surface area contributed by atoms with Crippen molar-refractivity contribution >= 4 is 17.5 Å². The lowest BCUT2D eigenvalue weighted by molar-refractivity contribution is 0.0696. The van der Waals surface area contributed by atoms with Crippen molar-refractivity contribution in [3.05, 3.63) is 17.5 Å². The lowest BCUT2D eigenvalue weighted by Gasteiger charge is -2.25. The second kappa shape index (κ2) is 5.89. The number of amides is 1. The first-order valence-corrected chi connectivity index (χ1v) is 5.90. The zero-order chi connectivity index (χ0) is 12.1. The average molecular weight is 245 g/mol. The Kier molecular flexibility index (Phi) is 4.80. The van der Waals surface area contributed by atoms with Crippen LogP contribution in [0.3, 0.4) is 0 Å². The van der Waals surface area contributed by atoms with E-state index in [9.17, 15) is 4.79 Å². The summed E-state index contributed by atoms with van der Waals surface area (Å²) in [7, 11) is 0. The van der Waals surface area contributed by atoms with Gasteiger partial charge in [0.1, 0.15) is 5.76 Å². The Bertz CT molecular complexity index is 350. The maximum Gasteiger partial charge on any atom is 0.276 e. The third-order valence-electron chi connectivity index (χ3n) is 2.26. The molecule has 1 aromatic rings. The molecule has 0 aromatic carbocycles. The highest BCUT2D eigenvalue weighted by Crippen LogP contribution is 2.09. The van der Waals surface area contributed by atoms with Gasteiger partial charge in [-0.05, 0) is 27.2 Å². The number of aromatic nitrogens is 1. The fraction of sp³-hybridized carbons (Fsp3) is 0.636. The van der Waals surface area contributed by atoms with Gasteiger partial charge in [-0.15, -0.1) is 11.6 Å². The van der Waals surface area contributed by atoms with E-state index >= 15 is 0 Å². The zero-order valence-electron chi connectivity index (χ0n) is 9.86. The maximum absolute atomic E-state index is 12.1. The molecule has 0 aliphatic heterocycles. The molecule has 0 fully saturated rings. The van der Waals surface area contributed by atoms with E-state index in [2.05, 4.69) is 5.16 Å². The monoisotopic (exact) mass is 244 g/mol. The van der Waals surface area contributed by atoms with Gasteiger partial charge in [-0.1, -0.05) is 5.16 Å². The van der Waals surface area contributed by atoms with E-state index in [-0.39, 0.29) is 11.9 Å². The van der Waals surface area contributed by atoms with Gasteiger partial charge in [0.15, 0.2) is 5.69 Å². The second-order valence-electron chi connectivity index (χ2n) is 3.96. The average Bonchev–Trinajstić information content (AvgIpc) is 2.64. The normalized spacial score (nSPS) is 10.8. The van der Waals surface area contributed by atoms with Crippen molar-refractivity contribution in [2.75, 3.05) is 12.4 Å². The number of carbonyl (C=O) groups excluding carboxylic acids is 1. The SMILES string of the molecule is Cc1cc(C(=O)N(CCCCl)C(C)C)no1. The number of carbonyl (C=O) groups is 1. The molecule has 90 valence electrons. The van der Waals surface area contributed by atoms with Gasteiger partial charge in [-0.3, -0.25) is 4.79 Å². The van der Waals surface area contributed by atoms with Crippen LogP contribution in [-0.4, -0.2) is 34.4 Å². The molecule has 0 saturated heterocycles. The molecule has 1 amide bonds. The Hall–Kier alpha value is -1.03. The van der Waals surface area contributed by atoms with Crippen LogP contribution in [0.2, 0.25) is 0 Å². The van der Waals surface area contributed by atoms with Crippen LogP contribution in [0, 0.1) is 6.92 Å². The number of alkyl halides is 1. The van der Waals surface area contributed by atoms with Gasteiger partial charge < -0.3 is 9.42 Å². The molecule has 1 aromatic heterocycles. The van der Waals surface area contributed by atoms with Crippen LogP contribution in [-0.2, 0) is 0 Å². The number of hydrogen-bond donors (Lipinski definition) is 0. The Morgan fingerprint density at radius 3 is 2.75 bits per heavy atom. The molecule has 4 nitrogen and oxygen atoms in total. The molecule has 0 radical (unpaired) electrons. The van der Waals surface area contributed by atoms with Gasteiger partial charge in [0, 0.05) is 24.5 Å². The molecule has 0 N–H and O–H groups in total. The smallest absolute Gasteiger partial charge is 0.276 e. The number of rotatable bonds is 5. The minimum atomic E-state index is -0.100. The van der Waals surface area contributed by atoms with Gasteiger partial charge >= 0.3 is 0 Å². The van der Waals surface area contributed by atoms with Crippen LogP contribution in [0.25, 0.3) is 0 Å². The molecule has 0 spiro atoms. The van der Waals surface area contributed by atoms with Crippen molar-refractivity contribution in [1.29, 1.82) is 0 Å². The lowest BCUT2D eigenvalue weighted by atomic mass is 10.2. The fourth-order valence-corrected chi connectivity index (χ4v) is 1.56. The molecule has 0 saturated carbocycles. The number of aryl methyl sites for hydroxylation is 1. The molecule has 0 atom stereocenters. The van der Waals surface area contributed by atoms with Crippen molar-refractivity contribution in [2.24, 2.45) is 0 Å². The molecule has 0 aliphatic carbocycles. The molecule has 1 heterocycles. The number of halogens is 1. The van der Waals surface area contributed by atoms with Gasteiger partial charge in [0.05, 0.1) is 0 Å². The second-order valence-corrected chi connectivity index (χ2v) is 4.34. The minimum absolute atomic E-state index is 0.100. The molecule has 5 heteroatoms. The Morgan fingerprint density at radius 1 is 1.62 bits per heavy atom. The summed E-state index contributed by atoms with van der Waals surface area (Å²) in [4.78, 5) is 13.8. The van der Waals surface area contributed by atoms with Crippen LogP contribution in [0.15, 0.2) is 10.6 Å².